The number of rotatable bonds is 6. The molecule has 0 amide bonds. The molecule has 3 aromatic rings. The van der Waals surface area contributed by atoms with Crippen molar-refractivity contribution in [2.45, 2.75) is 24.7 Å². The van der Waals surface area contributed by atoms with Crippen molar-refractivity contribution in [3.63, 3.8) is 0 Å². The zero-order valence-electron chi connectivity index (χ0n) is 16.6. The third-order valence-electron chi connectivity index (χ3n) is 5.40. The Hall–Kier alpha value is -2.29. The van der Waals surface area contributed by atoms with Gasteiger partial charge in [-0.2, -0.15) is 4.31 Å². The normalized spacial score (nSPS) is 15.9. The zero-order valence-corrected chi connectivity index (χ0v) is 18.3. The van der Waals surface area contributed by atoms with Crippen LogP contribution in [-0.4, -0.2) is 37.3 Å². The van der Waals surface area contributed by atoms with E-state index in [0.717, 1.165) is 40.5 Å². The molecule has 8 heteroatoms. The summed E-state index contributed by atoms with van der Waals surface area (Å²) in [4.78, 5) is 5.72. The summed E-state index contributed by atoms with van der Waals surface area (Å²) in [5.41, 5.74) is 2.24. The maximum atomic E-state index is 13.1. The van der Waals surface area contributed by atoms with E-state index in [1.54, 1.807) is 11.3 Å². The van der Waals surface area contributed by atoms with Gasteiger partial charge in [0.15, 0.2) is 5.13 Å². The van der Waals surface area contributed by atoms with Crippen molar-refractivity contribution < 1.29 is 12.8 Å². The summed E-state index contributed by atoms with van der Waals surface area (Å²) in [5.74, 6) is -0.0616. The number of aryl methyl sites for hydroxylation is 1. The van der Waals surface area contributed by atoms with Crippen LogP contribution in [0.5, 0.6) is 0 Å². The number of thiazole rings is 1. The molecule has 0 bridgehead atoms. The summed E-state index contributed by atoms with van der Waals surface area (Å²) in [6.07, 6.45) is 3.43. The van der Waals surface area contributed by atoms with Gasteiger partial charge in [0.05, 0.1) is 9.77 Å². The molecule has 0 unspecified atom stereocenters. The second-order valence-electron chi connectivity index (χ2n) is 7.42. The van der Waals surface area contributed by atoms with Crippen molar-refractivity contribution in [2.24, 2.45) is 5.92 Å². The molecule has 157 valence electrons. The van der Waals surface area contributed by atoms with Gasteiger partial charge in [-0.25, -0.2) is 17.8 Å². The van der Waals surface area contributed by atoms with Crippen LogP contribution in [0.25, 0.3) is 10.4 Å². The molecule has 30 heavy (non-hydrogen) atoms. The number of piperidine rings is 1. The van der Waals surface area contributed by atoms with Crippen LogP contribution >= 0.6 is 11.3 Å². The standard InChI is InChI=1S/C22H23FN3O2S2/c1-16-4-2-3-5-20(16)21-15-25-22(29-21)24-14-17-10-12-26(13-11-17)30(27,28)19-8-6-18(23)7-9-19/h2-3,5-9,15,17H,10-14H2,1H3,(H,24,25). The second kappa shape index (κ2) is 8.83. The highest BCUT2D eigenvalue weighted by molar-refractivity contribution is 7.89. The van der Waals surface area contributed by atoms with E-state index < -0.39 is 15.8 Å². The molecule has 0 aliphatic carbocycles. The average molecular weight is 445 g/mol. The Kier molecular flexibility index (Phi) is 6.17. The molecule has 1 saturated heterocycles. The topological polar surface area (TPSA) is 62.3 Å². The van der Waals surface area contributed by atoms with E-state index in [9.17, 15) is 12.8 Å². The van der Waals surface area contributed by atoms with Crippen molar-refractivity contribution in [1.29, 1.82) is 0 Å². The molecule has 0 spiro atoms. The highest BCUT2D eigenvalue weighted by Crippen LogP contribution is 2.31. The molecule has 2 aromatic carbocycles. The predicted octanol–water partition coefficient (Wildman–Crippen LogP) is 4.57. The van der Waals surface area contributed by atoms with Gasteiger partial charge < -0.3 is 5.32 Å². The van der Waals surface area contributed by atoms with Crippen molar-refractivity contribution in [3.8, 4) is 10.4 Å². The number of nitrogens with one attached hydrogen (secondary N) is 1. The lowest BCUT2D eigenvalue weighted by molar-refractivity contribution is 0.282. The lowest BCUT2D eigenvalue weighted by atomic mass is 9.98. The van der Waals surface area contributed by atoms with Gasteiger partial charge in [-0.05, 0) is 67.1 Å². The Morgan fingerprint density at radius 2 is 1.97 bits per heavy atom. The highest BCUT2D eigenvalue weighted by atomic mass is 32.2. The smallest absolute Gasteiger partial charge is 0.243 e. The van der Waals surface area contributed by atoms with Gasteiger partial charge in [0.2, 0.25) is 10.0 Å². The number of benzene rings is 2. The molecule has 1 aliphatic heterocycles. The van der Waals surface area contributed by atoms with E-state index >= 15 is 0 Å². The number of hydrogen-bond acceptors (Lipinski definition) is 5. The Morgan fingerprint density at radius 1 is 1.23 bits per heavy atom. The maximum absolute atomic E-state index is 13.1. The summed E-state index contributed by atoms with van der Waals surface area (Å²) in [6.45, 7) is 3.73. The second-order valence-corrected chi connectivity index (χ2v) is 10.4. The SMILES string of the molecule is Cc1[c]cccc1-c1cnc(NCC2CCN(S(=O)(=O)c3ccc(F)cc3)CC2)s1. The van der Waals surface area contributed by atoms with E-state index in [0.29, 0.717) is 19.0 Å². The van der Waals surface area contributed by atoms with Crippen LogP contribution in [0.3, 0.4) is 0 Å². The van der Waals surface area contributed by atoms with Crippen LogP contribution in [0, 0.1) is 24.7 Å². The summed E-state index contributed by atoms with van der Waals surface area (Å²) in [5, 5.41) is 4.27. The number of sulfonamides is 1. The lowest BCUT2D eigenvalue weighted by Gasteiger charge is -2.31. The van der Waals surface area contributed by atoms with Crippen molar-refractivity contribution >= 4 is 26.5 Å². The van der Waals surface area contributed by atoms with Crippen LogP contribution in [0.2, 0.25) is 0 Å². The van der Waals surface area contributed by atoms with Gasteiger partial charge in [0, 0.05) is 25.8 Å². The van der Waals surface area contributed by atoms with Crippen molar-refractivity contribution in [2.75, 3.05) is 25.0 Å². The molecular weight excluding hydrogens is 421 g/mol. The summed E-state index contributed by atoms with van der Waals surface area (Å²) < 4.78 is 40.0. The van der Waals surface area contributed by atoms with Crippen molar-refractivity contribution in [1.82, 2.24) is 9.29 Å². The largest absolute Gasteiger partial charge is 0.361 e. The number of hydrogen-bond donors (Lipinski definition) is 1. The molecule has 4 rings (SSSR count). The van der Waals surface area contributed by atoms with E-state index in [1.807, 2.05) is 25.3 Å². The fourth-order valence-corrected chi connectivity index (χ4v) is 5.98. The minimum absolute atomic E-state index is 0.143. The van der Waals surface area contributed by atoms with Gasteiger partial charge in [0.25, 0.3) is 0 Å². The fraction of sp³-hybridized carbons (Fsp3) is 0.318. The van der Waals surface area contributed by atoms with Crippen LogP contribution in [-0.2, 0) is 10.0 Å². The van der Waals surface area contributed by atoms with Gasteiger partial charge in [-0.3, -0.25) is 0 Å². The van der Waals surface area contributed by atoms with Crippen molar-refractivity contribution in [3.05, 3.63) is 66.1 Å². The van der Waals surface area contributed by atoms with E-state index in [-0.39, 0.29) is 4.90 Å². The number of halogens is 1. The molecule has 5 nitrogen and oxygen atoms in total. The molecule has 1 aliphatic rings. The highest BCUT2D eigenvalue weighted by Gasteiger charge is 2.29. The molecule has 1 N–H and O–H groups in total. The average Bonchev–Trinajstić information content (AvgIpc) is 3.22. The van der Waals surface area contributed by atoms with Gasteiger partial charge in [-0.15, -0.1) is 0 Å². The zero-order chi connectivity index (χ0) is 21.1. The molecule has 1 radical (unpaired) electrons. The molecular formula is C22H23FN3O2S2. The summed E-state index contributed by atoms with van der Waals surface area (Å²) in [6, 6.07) is 14.2. The Bertz CT molecular complexity index is 1110. The molecule has 1 aromatic heterocycles. The number of nitrogens with zero attached hydrogens (tertiary/aromatic N) is 2. The Balaban J connectivity index is 1.31. The first-order chi connectivity index (χ1) is 14.4. The van der Waals surface area contributed by atoms with Crippen LogP contribution in [0.15, 0.2) is 53.6 Å². The first-order valence-corrected chi connectivity index (χ1v) is 12.1. The molecule has 0 saturated carbocycles. The first kappa shape index (κ1) is 21.0. The molecule has 0 atom stereocenters. The Labute approximate surface area is 180 Å². The van der Waals surface area contributed by atoms with Gasteiger partial charge in [0.1, 0.15) is 5.82 Å². The van der Waals surface area contributed by atoms with Gasteiger partial charge >= 0.3 is 0 Å². The third kappa shape index (κ3) is 4.55. The minimum atomic E-state index is -3.57. The number of aromatic nitrogens is 1. The quantitative estimate of drug-likeness (QED) is 0.605. The predicted molar refractivity (Wildman–Crippen MR) is 117 cm³/mol. The number of anilines is 1. The van der Waals surface area contributed by atoms with Gasteiger partial charge in [-0.1, -0.05) is 29.5 Å². The van der Waals surface area contributed by atoms with E-state index in [2.05, 4.69) is 22.4 Å². The minimum Gasteiger partial charge on any atom is -0.361 e. The summed E-state index contributed by atoms with van der Waals surface area (Å²) in [7, 11) is -3.57. The summed E-state index contributed by atoms with van der Waals surface area (Å²) >= 11 is 1.61. The van der Waals surface area contributed by atoms with Crippen LogP contribution in [0.4, 0.5) is 9.52 Å². The van der Waals surface area contributed by atoms with Crippen LogP contribution < -0.4 is 5.32 Å². The Morgan fingerprint density at radius 3 is 2.67 bits per heavy atom. The third-order valence-corrected chi connectivity index (χ3v) is 8.30. The fourth-order valence-electron chi connectivity index (χ4n) is 3.61. The first-order valence-electron chi connectivity index (χ1n) is 9.86. The lowest BCUT2D eigenvalue weighted by Crippen LogP contribution is -2.39. The monoisotopic (exact) mass is 444 g/mol. The maximum Gasteiger partial charge on any atom is 0.243 e. The molecule has 2 heterocycles. The molecule has 1 fully saturated rings. The van der Waals surface area contributed by atoms with Crippen LogP contribution in [0.1, 0.15) is 18.4 Å². The van der Waals surface area contributed by atoms with E-state index in [4.69, 9.17) is 0 Å². The van der Waals surface area contributed by atoms with E-state index in [1.165, 1.54) is 28.6 Å².